The predicted octanol–water partition coefficient (Wildman–Crippen LogP) is 3.14. The Morgan fingerprint density at radius 2 is 1.64 bits per heavy atom. The zero-order valence-corrected chi connectivity index (χ0v) is 16.8. The molecule has 0 radical (unpaired) electrons. The van der Waals surface area contributed by atoms with Crippen molar-refractivity contribution in [1.29, 1.82) is 0 Å². The van der Waals surface area contributed by atoms with Gasteiger partial charge in [-0.2, -0.15) is 0 Å². The van der Waals surface area contributed by atoms with Gasteiger partial charge in [0.15, 0.2) is 0 Å². The van der Waals surface area contributed by atoms with Gasteiger partial charge in [0.1, 0.15) is 17.5 Å². The number of aryl methyl sites for hydroxylation is 1. The maximum absolute atomic E-state index is 13.1. The summed E-state index contributed by atoms with van der Waals surface area (Å²) >= 11 is 0. The number of carbonyl (C=O) groups is 2. The SMILES string of the molecule is CCc1ccc(N2CCN(C(=O)c3cc(OC)cc(OC)c3)C(C)C2=O)cc1. The van der Waals surface area contributed by atoms with Crippen LogP contribution in [0.4, 0.5) is 5.69 Å². The van der Waals surface area contributed by atoms with E-state index in [9.17, 15) is 9.59 Å². The summed E-state index contributed by atoms with van der Waals surface area (Å²) in [5.74, 6) is 0.783. The smallest absolute Gasteiger partial charge is 0.254 e. The maximum Gasteiger partial charge on any atom is 0.254 e. The molecular formula is C22H26N2O4. The largest absolute Gasteiger partial charge is 0.497 e. The molecule has 1 heterocycles. The van der Waals surface area contributed by atoms with E-state index in [-0.39, 0.29) is 11.8 Å². The lowest BCUT2D eigenvalue weighted by atomic mass is 10.1. The van der Waals surface area contributed by atoms with Crippen LogP contribution in [0, 0.1) is 0 Å². The second kappa shape index (κ2) is 8.33. The fraction of sp³-hybridized carbons (Fsp3) is 0.364. The van der Waals surface area contributed by atoms with Crippen molar-refractivity contribution in [3.63, 3.8) is 0 Å². The summed E-state index contributed by atoms with van der Waals surface area (Å²) in [5, 5.41) is 0. The number of anilines is 1. The third-order valence-corrected chi connectivity index (χ3v) is 5.17. The van der Waals surface area contributed by atoms with E-state index < -0.39 is 6.04 Å². The molecule has 3 rings (SSSR count). The topological polar surface area (TPSA) is 59.1 Å². The fourth-order valence-corrected chi connectivity index (χ4v) is 3.41. The summed E-state index contributed by atoms with van der Waals surface area (Å²) in [4.78, 5) is 29.4. The van der Waals surface area contributed by atoms with Crippen molar-refractivity contribution in [2.45, 2.75) is 26.3 Å². The molecule has 1 saturated heterocycles. The molecule has 0 spiro atoms. The lowest BCUT2D eigenvalue weighted by Gasteiger charge is -2.39. The van der Waals surface area contributed by atoms with Crippen LogP contribution < -0.4 is 14.4 Å². The van der Waals surface area contributed by atoms with Crippen LogP contribution in [0.1, 0.15) is 29.8 Å². The minimum Gasteiger partial charge on any atom is -0.497 e. The van der Waals surface area contributed by atoms with Gasteiger partial charge in [-0.3, -0.25) is 9.59 Å². The second-order valence-electron chi connectivity index (χ2n) is 6.79. The number of carbonyl (C=O) groups excluding carboxylic acids is 2. The number of nitrogens with zero attached hydrogens (tertiary/aromatic N) is 2. The first kappa shape index (κ1) is 19.7. The Morgan fingerprint density at radius 1 is 1.04 bits per heavy atom. The van der Waals surface area contributed by atoms with Crippen molar-refractivity contribution in [3.05, 3.63) is 53.6 Å². The Hall–Kier alpha value is -3.02. The zero-order valence-electron chi connectivity index (χ0n) is 16.8. The minimum absolute atomic E-state index is 0.0845. The van der Waals surface area contributed by atoms with Gasteiger partial charge in [-0.1, -0.05) is 19.1 Å². The standard InChI is InChI=1S/C22H26N2O4/c1-5-16-6-8-18(9-7-16)24-11-10-23(15(2)21(24)25)22(26)17-12-19(27-3)14-20(13-17)28-4/h6-9,12-15H,5,10-11H2,1-4H3. The van der Waals surface area contributed by atoms with Crippen LogP contribution in [0.15, 0.2) is 42.5 Å². The van der Waals surface area contributed by atoms with Gasteiger partial charge in [0.05, 0.1) is 14.2 Å². The van der Waals surface area contributed by atoms with Crippen molar-refractivity contribution >= 4 is 17.5 Å². The first-order valence-electron chi connectivity index (χ1n) is 9.42. The van der Waals surface area contributed by atoms with Gasteiger partial charge < -0.3 is 19.3 Å². The van der Waals surface area contributed by atoms with Crippen LogP contribution >= 0.6 is 0 Å². The first-order valence-corrected chi connectivity index (χ1v) is 9.42. The van der Waals surface area contributed by atoms with Gasteiger partial charge in [-0.15, -0.1) is 0 Å². The number of piperazine rings is 1. The molecule has 6 nitrogen and oxygen atoms in total. The highest BCUT2D eigenvalue weighted by Crippen LogP contribution is 2.26. The maximum atomic E-state index is 13.1. The highest BCUT2D eigenvalue weighted by atomic mass is 16.5. The second-order valence-corrected chi connectivity index (χ2v) is 6.79. The monoisotopic (exact) mass is 382 g/mol. The molecule has 1 atom stereocenters. The van der Waals surface area contributed by atoms with E-state index in [1.807, 2.05) is 24.3 Å². The first-order chi connectivity index (χ1) is 13.5. The number of hydrogen-bond donors (Lipinski definition) is 0. The van der Waals surface area contributed by atoms with Gasteiger partial charge >= 0.3 is 0 Å². The number of benzene rings is 2. The van der Waals surface area contributed by atoms with E-state index in [0.717, 1.165) is 12.1 Å². The summed E-state index contributed by atoms with van der Waals surface area (Å²) in [6.07, 6.45) is 0.955. The van der Waals surface area contributed by atoms with Crippen LogP contribution in [0.5, 0.6) is 11.5 Å². The molecule has 1 aliphatic heterocycles. The van der Waals surface area contributed by atoms with Crippen LogP contribution in [-0.4, -0.2) is 50.1 Å². The van der Waals surface area contributed by atoms with Crippen molar-refractivity contribution in [3.8, 4) is 11.5 Å². The molecule has 2 amide bonds. The molecule has 2 aromatic rings. The summed E-state index contributed by atoms with van der Waals surface area (Å²) in [6, 6.07) is 12.5. The van der Waals surface area contributed by atoms with E-state index in [0.29, 0.717) is 30.2 Å². The molecule has 1 aliphatic rings. The minimum atomic E-state index is -0.552. The van der Waals surface area contributed by atoms with E-state index >= 15 is 0 Å². The number of methoxy groups -OCH3 is 2. The van der Waals surface area contributed by atoms with Crippen LogP contribution in [0.2, 0.25) is 0 Å². The number of amides is 2. The molecule has 0 N–H and O–H groups in total. The van der Waals surface area contributed by atoms with E-state index in [1.54, 1.807) is 34.9 Å². The van der Waals surface area contributed by atoms with Gasteiger partial charge in [-0.25, -0.2) is 0 Å². The summed E-state index contributed by atoms with van der Waals surface area (Å²) in [7, 11) is 3.08. The lowest BCUT2D eigenvalue weighted by molar-refractivity contribution is -0.124. The van der Waals surface area contributed by atoms with Crippen LogP contribution in [0.3, 0.4) is 0 Å². The average Bonchev–Trinajstić information content (AvgIpc) is 2.74. The molecule has 148 valence electrons. The normalized spacial score (nSPS) is 16.9. The Kier molecular flexibility index (Phi) is 5.87. The quantitative estimate of drug-likeness (QED) is 0.797. The highest BCUT2D eigenvalue weighted by Gasteiger charge is 2.35. The number of rotatable bonds is 5. The lowest BCUT2D eigenvalue weighted by Crippen LogP contribution is -2.57. The Labute approximate surface area is 165 Å². The molecular weight excluding hydrogens is 356 g/mol. The third kappa shape index (κ3) is 3.81. The Morgan fingerprint density at radius 3 is 2.18 bits per heavy atom. The highest BCUT2D eigenvalue weighted by molar-refractivity contribution is 6.03. The fourth-order valence-electron chi connectivity index (χ4n) is 3.41. The van der Waals surface area contributed by atoms with Crippen molar-refractivity contribution in [1.82, 2.24) is 4.90 Å². The van der Waals surface area contributed by atoms with Crippen molar-refractivity contribution in [2.75, 3.05) is 32.2 Å². The molecule has 6 heteroatoms. The molecule has 1 fully saturated rings. The number of ether oxygens (including phenoxy) is 2. The molecule has 2 aromatic carbocycles. The van der Waals surface area contributed by atoms with Crippen molar-refractivity contribution in [2.24, 2.45) is 0 Å². The van der Waals surface area contributed by atoms with Crippen LogP contribution in [0.25, 0.3) is 0 Å². The predicted molar refractivity (Wildman–Crippen MR) is 108 cm³/mol. The Bertz CT molecular complexity index is 841. The Balaban J connectivity index is 1.80. The van der Waals surface area contributed by atoms with Gasteiger partial charge in [0.2, 0.25) is 5.91 Å². The van der Waals surface area contributed by atoms with E-state index in [1.165, 1.54) is 19.8 Å². The van der Waals surface area contributed by atoms with Crippen LogP contribution in [-0.2, 0) is 11.2 Å². The molecule has 0 aromatic heterocycles. The van der Waals surface area contributed by atoms with E-state index in [4.69, 9.17) is 9.47 Å². The zero-order chi connectivity index (χ0) is 20.3. The molecule has 0 aliphatic carbocycles. The van der Waals surface area contributed by atoms with Crippen molar-refractivity contribution < 1.29 is 19.1 Å². The van der Waals surface area contributed by atoms with Gasteiger partial charge in [0, 0.05) is 30.4 Å². The average molecular weight is 382 g/mol. The summed E-state index contributed by atoms with van der Waals surface area (Å²) in [5.41, 5.74) is 2.53. The van der Waals surface area contributed by atoms with Gasteiger partial charge in [-0.05, 0) is 43.2 Å². The molecule has 0 bridgehead atoms. The van der Waals surface area contributed by atoms with E-state index in [2.05, 4.69) is 6.92 Å². The summed E-state index contributed by atoms with van der Waals surface area (Å²) < 4.78 is 10.5. The summed E-state index contributed by atoms with van der Waals surface area (Å²) in [6.45, 7) is 4.78. The molecule has 1 unspecified atom stereocenters. The molecule has 28 heavy (non-hydrogen) atoms. The molecule has 0 saturated carbocycles. The third-order valence-electron chi connectivity index (χ3n) is 5.17. The number of hydrogen-bond acceptors (Lipinski definition) is 4. The van der Waals surface area contributed by atoms with Gasteiger partial charge in [0.25, 0.3) is 5.91 Å².